The van der Waals surface area contributed by atoms with E-state index in [9.17, 15) is 9.59 Å². The fourth-order valence-corrected chi connectivity index (χ4v) is 3.03. The van der Waals surface area contributed by atoms with Crippen LogP contribution in [0, 0.1) is 6.92 Å². The molecule has 0 bridgehead atoms. The lowest BCUT2D eigenvalue weighted by Crippen LogP contribution is -2.43. The monoisotopic (exact) mass is 283 g/mol. The Morgan fingerprint density at radius 1 is 1.47 bits per heavy atom. The molecular formula is C12H17N3O3S. The highest BCUT2D eigenvalue weighted by atomic mass is 32.1. The first-order valence-corrected chi connectivity index (χ1v) is 7.18. The van der Waals surface area contributed by atoms with Crippen LogP contribution in [0.3, 0.4) is 0 Å². The van der Waals surface area contributed by atoms with Crippen molar-refractivity contribution >= 4 is 23.4 Å². The van der Waals surface area contributed by atoms with E-state index in [1.165, 1.54) is 0 Å². The number of piperidine rings is 1. The molecule has 1 fully saturated rings. The van der Waals surface area contributed by atoms with E-state index in [2.05, 4.69) is 9.59 Å². The molecule has 1 aliphatic heterocycles. The number of carboxylic acids is 1. The quantitative estimate of drug-likeness (QED) is 0.909. The maximum Gasteiger partial charge on any atom is 0.303 e. The molecule has 1 atom stereocenters. The fraction of sp³-hybridized carbons (Fsp3) is 0.667. The first-order valence-electron chi connectivity index (χ1n) is 6.41. The molecular weight excluding hydrogens is 266 g/mol. The number of hydrogen-bond acceptors (Lipinski definition) is 5. The summed E-state index contributed by atoms with van der Waals surface area (Å²) in [5, 5.41) is 12.6. The number of carbonyl (C=O) groups excluding carboxylic acids is 1. The van der Waals surface area contributed by atoms with Crippen LogP contribution in [0.1, 0.15) is 47.5 Å². The molecule has 0 unspecified atom stereocenters. The van der Waals surface area contributed by atoms with E-state index in [1.54, 1.807) is 11.8 Å². The second-order valence-corrected chi connectivity index (χ2v) is 5.52. The van der Waals surface area contributed by atoms with Crippen molar-refractivity contribution in [1.29, 1.82) is 0 Å². The van der Waals surface area contributed by atoms with Crippen molar-refractivity contribution in [1.82, 2.24) is 14.5 Å². The van der Waals surface area contributed by atoms with Crippen molar-refractivity contribution in [2.45, 2.75) is 45.1 Å². The molecule has 1 saturated heterocycles. The minimum absolute atomic E-state index is 0.0267. The Kier molecular flexibility index (Phi) is 4.47. The number of aromatic nitrogens is 2. The summed E-state index contributed by atoms with van der Waals surface area (Å²) in [4.78, 5) is 25.5. The summed E-state index contributed by atoms with van der Waals surface area (Å²) in [5.41, 5.74) is 0.651. The van der Waals surface area contributed by atoms with Gasteiger partial charge >= 0.3 is 5.97 Å². The predicted octanol–water partition coefficient (Wildman–Crippen LogP) is 1.71. The van der Waals surface area contributed by atoms with E-state index < -0.39 is 5.97 Å². The molecule has 7 heteroatoms. The van der Waals surface area contributed by atoms with E-state index >= 15 is 0 Å². The number of aryl methyl sites for hydroxylation is 1. The Morgan fingerprint density at radius 3 is 2.89 bits per heavy atom. The number of hydrogen-bond donors (Lipinski definition) is 1. The van der Waals surface area contributed by atoms with E-state index in [0.717, 1.165) is 30.8 Å². The molecule has 0 spiro atoms. The number of amides is 1. The lowest BCUT2D eigenvalue weighted by molar-refractivity contribution is -0.137. The summed E-state index contributed by atoms with van der Waals surface area (Å²) in [7, 11) is 0. The molecule has 1 aromatic heterocycles. The Bertz CT molecular complexity index is 475. The van der Waals surface area contributed by atoms with Crippen LogP contribution >= 0.6 is 11.5 Å². The van der Waals surface area contributed by atoms with Gasteiger partial charge in [-0.3, -0.25) is 9.59 Å². The molecule has 1 aliphatic rings. The van der Waals surface area contributed by atoms with E-state index in [-0.39, 0.29) is 18.4 Å². The molecule has 0 saturated carbocycles. The molecule has 104 valence electrons. The van der Waals surface area contributed by atoms with Gasteiger partial charge in [0.05, 0.1) is 5.69 Å². The van der Waals surface area contributed by atoms with Crippen LogP contribution in [0.15, 0.2) is 0 Å². The van der Waals surface area contributed by atoms with Gasteiger partial charge in [-0.05, 0) is 44.1 Å². The highest BCUT2D eigenvalue weighted by molar-refractivity contribution is 7.07. The normalized spacial score (nSPS) is 19.4. The van der Waals surface area contributed by atoms with Crippen molar-refractivity contribution in [2.75, 3.05) is 6.54 Å². The average molecular weight is 283 g/mol. The van der Waals surface area contributed by atoms with Gasteiger partial charge in [0.2, 0.25) is 0 Å². The SMILES string of the molecule is Cc1nnsc1C(=O)N1CCCC[C@@H]1CCC(=O)O. The average Bonchev–Trinajstić information content (AvgIpc) is 2.82. The van der Waals surface area contributed by atoms with Gasteiger partial charge in [0.15, 0.2) is 0 Å². The zero-order valence-electron chi connectivity index (χ0n) is 10.8. The fourth-order valence-electron chi connectivity index (χ4n) is 2.42. The lowest BCUT2D eigenvalue weighted by atomic mass is 9.97. The maximum absolute atomic E-state index is 12.4. The van der Waals surface area contributed by atoms with Crippen LogP contribution in [-0.4, -0.2) is 44.1 Å². The molecule has 1 N–H and O–H groups in total. The first kappa shape index (κ1) is 13.9. The van der Waals surface area contributed by atoms with Crippen LogP contribution in [0.4, 0.5) is 0 Å². The summed E-state index contributed by atoms with van der Waals surface area (Å²) < 4.78 is 3.79. The maximum atomic E-state index is 12.4. The van der Waals surface area contributed by atoms with E-state index in [4.69, 9.17) is 5.11 Å². The van der Waals surface area contributed by atoms with Gasteiger partial charge in [0.25, 0.3) is 5.91 Å². The number of rotatable bonds is 4. The van der Waals surface area contributed by atoms with Gasteiger partial charge in [0.1, 0.15) is 4.88 Å². The smallest absolute Gasteiger partial charge is 0.303 e. The summed E-state index contributed by atoms with van der Waals surface area (Å²) in [6.07, 6.45) is 3.53. The number of carbonyl (C=O) groups is 2. The van der Waals surface area contributed by atoms with E-state index in [0.29, 0.717) is 23.5 Å². The van der Waals surface area contributed by atoms with Crippen molar-refractivity contribution in [3.8, 4) is 0 Å². The largest absolute Gasteiger partial charge is 0.481 e. The summed E-state index contributed by atoms with van der Waals surface area (Å²) in [6.45, 7) is 2.47. The Hall–Kier alpha value is -1.50. The lowest BCUT2D eigenvalue weighted by Gasteiger charge is -2.35. The van der Waals surface area contributed by atoms with Crippen LogP contribution in [-0.2, 0) is 4.79 Å². The van der Waals surface area contributed by atoms with Gasteiger partial charge in [-0.1, -0.05) is 4.49 Å². The summed E-state index contributed by atoms with van der Waals surface area (Å²) in [6, 6.07) is 0.0267. The van der Waals surface area contributed by atoms with Crippen LogP contribution in [0.25, 0.3) is 0 Å². The molecule has 0 radical (unpaired) electrons. The topological polar surface area (TPSA) is 83.4 Å². The van der Waals surface area contributed by atoms with Crippen LogP contribution < -0.4 is 0 Å². The second-order valence-electron chi connectivity index (χ2n) is 4.77. The molecule has 6 nitrogen and oxygen atoms in total. The standard InChI is InChI=1S/C12H17N3O3S/c1-8-11(19-14-13-8)12(18)15-7-3-2-4-9(15)5-6-10(16)17/h9H,2-7H2,1H3,(H,16,17)/t9-/m1/s1. The molecule has 19 heavy (non-hydrogen) atoms. The van der Waals surface area contributed by atoms with Crippen LogP contribution in [0.5, 0.6) is 0 Å². The molecule has 2 heterocycles. The molecule has 0 aromatic carbocycles. The Labute approximate surface area is 115 Å². The number of nitrogens with zero attached hydrogens (tertiary/aromatic N) is 3. The van der Waals surface area contributed by atoms with Gasteiger partial charge in [-0.15, -0.1) is 5.10 Å². The Morgan fingerprint density at radius 2 is 2.26 bits per heavy atom. The van der Waals surface area contributed by atoms with Crippen molar-refractivity contribution in [3.63, 3.8) is 0 Å². The third kappa shape index (κ3) is 3.28. The molecule has 1 amide bonds. The summed E-state index contributed by atoms with van der Waals surface area (Å²) in [5.74, 6) is -0.865. The minimum atomic E-state index is -0.811. The zero-order chi connectivity index (χ0) is 13.8. The van der Waals surface area contributed by atoms with Crippen LogP contribution in [0.2, 0.25) is 0 Å². The van der Waals surface area contributed by atoms with Gasteiger partial charge in [-0.25, -0.2) is 0 Å². The van der Waals surface area contributed by atoms with Gasteiger partial charge in [-0.2, -0.15) is 0 Å². The molecule has 0 aliphatic carbocycles. The second kappa shape index (κ2) is 6.10. The number of carboxylic acid groups (broad SMARTS) is 1. The number of aliphatic carboxylic acids is 1. The minimum Gasteiger partial charge on any atom is -0.481 e. The molecule has 1 aromatic rings. The van der Waals surface area contributed by atoms with E-state index in [1.807, 2.05) is 0 Å². The third-order valence-electron chi connectivity index (χ3n) is 3.43. The first-order chi connectivity index (χ1) is 9.09. The number of likely N-dealkylation sites (tertiary alicyclic amines) is 1. The Balaban J connectivity index is 2.08. The highest BCUT2D eigenvalue weighted by Crippen LogP contribution is 2.24. The van der Waals surface area contributed by atoms with Gasteiger partial charge < -0.3 is 10.0 Å². The molecule has 2 rings (SSSR count). The highest BCUT2D eigenvalue weighted by Gasteiger charge is 2.29. The van der Waals surface area contributed by atoms with Crippen molar-refractivity contribution in [3.05, 3.63) is 10.6 Å². The predicted molar refractivity (Wildman–Crippen MR) is 70.2 cm³/mol. The van der Waals surface area contributed by atoms with Crippen molar-refractivity contribution in [2.24, 2.45) is 0 Å². The third-order valence-corrected chi connectivity index (χ3v) is 4.24. The van der Waals surface area contributed by atoms with Crippen molar-refractivity contribution < 1.29 is 14.7 Å². The summed E-state index contributed by atoms with van der Waals surface area (Å²) >= 11 is 1.11. The van der Waals surface area contributed by atoms with Gasteiger partial charge in [0, 0.05) is 19.0 Å². The zero-order valence-corrected chi connectivity index (χ0v) is 11.7.